The Morgan fingerprint density at radius 1 is 1.12 bits per heavy atom. The number of amides is 3. The molecule has 2 unspecified atom stereocenters. The van der Waals surface area contributed by atoms with E-state index < -0.39 is 15.8 Å². The number of ether oxygens (including phenoxy) is 2. The Bertz CT molecular complexity index is 970. The Kier molecular flexibility index (Phi) is 9.53. The van der Waals surface area contributed by atoms with Gasteiger partial charge in [0.05, 0.1) is 36.5 Å². The van der Waals surface area contributed by atoms with E-state index in [0.29, 0.717) is 51.4 Å². The van der Waals surface area contributed by atoms with Crippen LogP contribution in [0.5, 0.6) is 5.75 Å². The molecule has 1 aliphatic heterocycles. The zero-order valence-corrected chi connectivity index (χ0v) is 20.0. The number of hydrogen-bond donors (Lipinski definition) is 2. The van der Waals surface area contributed by atoms with E-state index in [9.17, 15) is 18.0 Å². The van der Waals surface area contributed by atoms with Crippen molar-refractivity contribution in [1.82, 2.24) is 15.5 Å². The monoisotopic (exact) mass is 492 g/mol. The molecule has 34 heavy (non-hydrogen) atoms. The van der Waals surface area contributed by atoms with Gasteiger partial charge in [0.25, 0.3) is 0 Å². The number of nitrogens with zero attached hydrogens (tertiary/aromatic N) is 2. The molecule has 0 radical (unpaired) electrons. The molecule has 0 aromatic heterocycles. The molecule has 1 aromatic rings. The maximum absolute atomic E-state index is 13.0. The van der Waals surface area contributed by atoms with Gasteiger partial charge >= 0.3 is 6.03 Å². The normalized spacial score (nSPS) is 20.7. The van der Waals surface area contributed by atoms with Crippen molar-refractivity contribution in [2.45, 2.75) is 30.6 Å². The van der Waals surface area contributed by atoms with E-state index in [2.05, 4.69) is 10.6 Å². The van der Waals surface area contributed by atoms with Gasteiger partial charge < -0.3 is 25.0 Å². The molecule has 2 aliphatic rings. The van der Waals surface area contributed by atoms with Crippen LogP contribution in [0.1, 0.15) is 25.7 Å². The molecule has 186 valence electrons. The minimum Gasteiger partial charge on any atom is -0.492 e. The molecule has 2 atom stereocenters. The number of sulfone groups is 1. The van der Waals surface area contributed by atoms with E-state index in [-0.39, 0.29) is 41.7 Å². The Morgan fingerprint density at radius 2 is 1.82 bits per heavy atom. The van der Waals surface area contributed by atoms with Crippen molar-refractivity contribution in [3.05, 3.63) is 24.3 Å². The summed E-state index contributed by atoms with van der Waals surface area (Å²) in [5.41, 5.74) is 0. The van der Waals surface area contributed by atoms with Gasteiger partial charge in [0, 0.05) is 19.0 Å². The first kappa shape index (κ1) is 25.8. The van der Waals surface area contributed by atoms with Crippen molar-refractivity contribution in [3.8, 4) is 11.8 Å². The lowest BCUT2D eigenvalue weighted by atomic mass is 9.80. The van der Waals surface area contributed by atoms with Crippen LogP contribution in [0.15, 0.2) is 29.2 Å². The fourth-order valence-electron chi connectivity index (χ4n) is 4.34. The van der Waals surface area contributed by atoms with Crippen molar-refractivity contribution >= 4 is 21.8 Å². The predicted octanol–water partition coefficient (Wildman–Crippen LogP) is 1.33. The highest BCUT2D eigenvalue weighted by atomic mass is 32.2. The summed E-state index contributed by atoms with van der Waals surface area (Å²) in [4.78, 5) is 26.3. The minimum atomic E-state index is -3.59. The highest BCUT2D eigenvalue weighted by Crippen LogP contribution is 2.33. The van der Waals surface area contributed by atoms with E-state index in [1.54, 1.807) is 17.0 Å². The average molecular weight is 493 g/mol. The first-order valence-electron chi connectivity index (χ1n) is 11.6. The Hall–Kier alpha value is -2.84. The second kappa shape index (κ2) is 12.6. The molecule has 0 bridgehead atoms. The van der Waals surface area contributed by atoms with Crippen LogP contribution in [-0.2, 0) is 19.4 Å². The Morgan fingerprint density at radius 3 is 2.53 bits per heavy atom. The quantitative estimate of drug-likeness (QED) is 0.392. The standard InChI is InChI=1S/C23H32N4O6S/c24-9-10-25-22(28)21-4-2-1-3-18(21)17-34(30,31)20-7-5-19(6-8-20)33-14-11-26-23(29)27-12-15-32-16-13-27/h5-8,18,21H,1-4,10-17H2,(H,25,28)(H,26,29). The predicted molar refractivity (Wildman–Crippen MR) is 124 cm³/mol. The average Bonchev–Trinajstić information content (AvgIpc) is 2.86. The summed E-state index contributed by atoms with van der Waals surface area (Å²) in [7, 11) is -3.59. The van der Waals surface area contributed by atoms with Crippen molar-refractivity contribution < 1.29 is 27.5 Å². The van der Waals surface area contributed by atoms with Crippen molar-refractivity contribution in [1.29, 1.82) is 5.26 Å². The van der Waals surface area contributed by atoms with Gasteiger partial charge in [-0.15, -0.1) is 0 Å². The molecule has 3 rings (SSSR count). The summed E-state index contributed by atoms with van der Waals surface area (Å²) < 4.78 is 36.8. The maximum atomic E-state index is 13.0. The van der Waals surface area contributed by atoms with E-state index in [1.165, 1.54) is 12.1 Å². The lowest BCUT2D eigenvalue weighted by Gasteiger charge is -2.30. The molecular weight excluding hydrogens is 460 g/mol. The van der Waals surface area contributed by atoms with E-state index in [1.807, 2.05) is 6.07 Å². The molecular formula is C23H32N4O6S. The summed E-state index contributed by atoms with van der Waals surface area (Å²) in [6, 6.07) is 7.92. The molecule has 2 N–H and O–H groups in total. The summed E-state index contributed by atoms with van der Waals surface area (Å²) in [5.74, 6) is -0.515. The minimum absolute atomic E-state index is 0.0762. The number of rotatable bonds is 9. The van der Waals surface area contributed by atoms with E-state index >= 15 is 0 Å². The molecule has 1 saturated carbocycles. The van der Waals surface area contributed by atoms with Crippen LogP contribution in [-0.4, -0.2) is 77.0 Å². The third-order valence-electron chi connectivity index (χ3n) is 6.15. The number of nitriles is 1. The van der Waals surface area contributed by atoms with Crippen LogP contribution in [0.3, 0.4) is 0 Å². The second-order valence-corrected chi connectivity index (χ2v) is 10.5. The maximum Gasteiger partial charge on any atom is 0.317 e. The van der Waals surface area contributed by atoms with Crippen molar-refractivity contribution in [3.63, 3.8) is 0 Å². The lowest BCUT2D eigenvalue weighted by molar-refractivity contribution is -0.127. The molecule has 1 heterocycles. The van der Waals surface area contributed by atoms with Gasteiger partial charge in [0.2, 0.25) is 5.91 Å². The molecule has 1 aromatic carbocycles. The summed E-state index contributed by atoms with van der Waals surface area (Å²) in [6.07, 6.45) is 3.06. The number of hydrogen-bond acceptors (Lipinski definition) is 7. The zero-order valence-electron chi connectivity index (χ0n) is 19.2. The number of carbonyl (C=O) groups excluding carboxylic acids is 2. The van der Waals surface area contributed by atoms with Gasteiger partial charge in [0.1, 0.15) is 18.9 Å². The van der Waals surface area contributed by atoms with Gasteiger partial charge in [-0.1, -0.05) is 12.8 Å². The first-order chi connectivity index (χ1) is 16.4. The second-order valence-electron chi connectivity index (χ2n) is 8.46. The Labute approximate surface area is 200 Å². The highest BCUT2D eigenvalue weighted by molar-refractivity contribution is 7.91. The van der Waals surface area contributed by atoms with Crippen LogP contribution in [0.25, 0.3) is 0 Å². The zero-order chi connectivity index (χ0) is 24.4. The highest BCUT2D eigenvalue weighted by Gasteiger charge is 2.34. The molecule has 1 aliphatic carbocycles. The van der Waals surface area contributed by atoms with Crippen molar-refractivity contribution in [2.24, 2.45) is 11.8 Å². The van der Waals surface area contributed by atoms with Gasteiger partial charge in [0.15, 0.2) is 9.84 Å². The SMILES string of the molecule is N#CCNC(=O)C1CCCCC1CS(=O)(=O)c1ccc(OCCNC(=O)N2CCOCC2)cc1. The number of benzene rings is 1. The van der Waals surface area contributed by atoms with Crippen LogP contribution >= 0.6 is 0 Å². The lowest BCUT2D eigenvalue weighted by Crippen LogP contribution is -2.47. The fourth-order valence-corrected chi connectivity index (χ4v) is 6.04. The van der Waals surface area contributed by atoms with Gasteiger partial charge in [-0.2, -0.15) is 5.26 Å². The van der Waals surface area contributed by atoms with Crippen LogP contribution in [0.4, 0.5) is 4.79 Å². The fraction of sp³-hybridized carbons (Fsp3) is 0.609. The molecule has 11 heteroatoms. The summed E-state index contributed by atoms with van der Waals surface area (Å²) in [5, 5.41) is 14.0. The number of morpholine rings is 1. The molecule has 3 amide bonds. The van der Waals surface area contributed by atoms with Gasteiger partial charge in [-0.3, -0.25) is 4.79 Å². The van der Waals surface area contributed by atoms with Crippen LogP contribution in [0.2, 0.25) is 0 Å². The third kappa shape index (κ3) is 7.33. The van der Waals surface area contributed by atoms with E-state index in [4.69, 9.17) is 14.7 Å². The van der Waals surface area contributed by atoms with Crippen LogP contribution < -0.4 is 15.4 Å². The largest absolute Gasteiger partial charge is 0.492 e. The topological polar surface area (TPSA) is 138 Å². The number of urea groups is 1. The van der Waals surface area contributed by atoms with Gasteiger partial charge in [-0.05, 0) is 43.0 Å². The first-order valence-corrected chi connectivity index (χ1v) is 13.3. The number of carbonyl (C=O) groups is 2. The smallest absolute Gasteiger partial charge is 0.317 e. The molecule has 10 nitrogen and oxygen atoms in total. The number of nitrogens with one attached hydrogen (secondary N) is 2. The van der Waals surface area contributed by atoms with Crippen LogP contribution in [0, 0.1) is 23.2 Å². The van der Waals surface area contributed by atoms with E-state index in [0.717, 1.165) is 12.8 Å². The summed E-state index contributed by atoms with van der Waals surface area (Å²) in [6.45, 7) is 2.71. The summed E-state index contributed by atoms with van der Waals surface area (Å²) >= 11 is 0. The Balaban J connectivity index is 1.49. The van der Waals surface area contributed by atoms with Crippen molar-refractivity contribution in [2.75, 3.05) is 51.8 Å². The molecule has 0 spiro atoms. The third-order valence-corrected chi connectivity index (χ3v) is 8.01. The molecule has 1 saturated heterocycles. The molecule has 2 fully saturated rings. The van der Waals surface area contributed by atoms with Gasteiger partial charge in [-0.25, -0.2) is 13.2 Å².